The number of anilines is 1. The zero-order chi connectivity index (χ0) is 24.1. The fourth-order valence-corrected chi connectivity index (χ4v) is 7.73. The van der Waals surface area contributed by atoms with Crippen LogP contribution in [0.5, 0.6) is 0 Å². The predicted molar refractivity (Wildman–Crippen MR) is 137 cm³/mol. The second-order valence-corrected chi connectivity index (χ2v) is 13.1. The standard InChI is InChI=1S/C28H37N3O2S/c1-17(29-25(33)21-5-7-22(8-6-21)27(2,3)4)24(32)31-26-30-23(16-34-26)15-28-12-18-9-19(13-28)11-20(10-18)14-28/h5-8,16-20H,9-15H2,1-4H3,(H,29,33)(H,30,31,32)/t17-,18?,19?,20?,28?/m0/s1. The minimum Gasteiger partial charge on any atom is -0.341 e. The summed E-state index contributed by atoms with van der Waals surface area (Å²) in [6.07, 6.45) is 9.46. The van der Waals surface area contributed by atoms with Crippen molar-refractivity contribution in [3.63, 3.8) is 0 Å². The van der Waals surface area contributed by atoms with E-state index < -0.39 is 6.04 Å². The van der Waals surface area contributed by atoms with Crippen LogP contribution in [0.3, 0.4) is 0 Å². The Kier molecular flexibility index (Phi) is 6.07. The second-order valence-electron chi connectivity index (χ2n) is 12.3. The molecule has 0 saturated heterocycles. The molecule has 4 aliphatic rings. The maximum Gasteiger partial charge on any atom is 0.251 e. The number of nitrogens with one attached hydrogen (secondary N) is 2. The van der Waals surface area contributed by atoms with Crippen molar-refractivity contribution >= 4 is 28.3 Å². The predicted octanol–water partition coefficient (Wildman–Crippen LogP) is 5.96. The van der Waals surface area contributed by atoms with Gasteiger partial charge in [-0.25, -0.2) is 4.98 Å². The van der Waals surface area contributed by atoms with Crippen molar-refractivity contribution in [3.8, 4) is 0 Å². The van der Waals surface area contributed by atoms with Gasteiger partial charge in [-0.2, -0.15) is 0 Å². The molecule has 4 bridgehead atoms. The normalized spacial score (nSPS) is 28.5. The van der Waals surface area contributed by atoms with E-state index in [-0.39, 0.29) is 17.2 Å². The number of thiazole rings is 1. The Labute approximate surface area is 207 Å². The monoisotopic (exact) mass is 479 g/mol. The number of nitrogens with zero attached hydrogens (tertiary/aromatic N) is 1. The molecule has 2 aromatic rings. The first-order valence-corrected chi connectivity index (χ1v) is 13.6. The van der Waals surface area contributed by atoms with Crippen LogP contribution in [-0.4, -0.2) is 22.8 Å². The van der Waals surface area contributed by atoms with Crippen molar-refractivity contribution in [2.45, 2.75) is 84.1 Å². The topological polar surface area (TPSA) is 71.1 Å². The molecule has 4 aliphatic carbocycles. The second kappa shape index (κ2) is 8.78. The highest BCUT2D eigenvalue weighted by molar-refractivity contribution is 7.13. The van der Waals surface area contributed by atoms with E-state index in [1.165, 1.54) is 55.4 Å². The first kappa shape index (κ1) is 23.5. The number of benzene rings is 1. The molecule has 0 aliphatic heterocycles. The van der Waals surface area contributed by atoms with Gasteiger partial charge >= 0.3 is 0 Å². The van der Waals surface area contributed by atoms with Crippen LogP contribution < -0.4 is 10.6 Å². The number of carbonyl (C=O) groups excluding carboxylic acids is 2. The Balaban J connectivity index is 1.15. The van der Waals surface area contributed by atoms with Crippen LogP contribution in [-0.2, 0) is 16.6 Å². The number of hydrogen-bond acceptors (Lipinski definition) is 4. The fraction of sp³-hybridized carbons (Fsp3) is 0.607. The van der Waals surface area contributed by atoms with Crippen LogP contribution in [0.15, 0.2) is 29.6 Å². The molecule has 34 heavy (non-hydrogen) atoms. The molecule has 2 amide bonds. The molecule has 1 atom stereocenters. The summed E-state index contributed by atoms with van der Waals surface area (Å²) in [7, 11) is 0. The smallest absolute Gasteiger partial charge is 0.251 e. The molecule has 6 heteroatoms. The lowest BCUT2D eigenvalue weighted by atomic mass is 9.48. The van der Waals surface area contributed by atoms with Crippen molar-refractivity contribution < 1.29 is 9.59 Å². The molecule has 4 fully saturated rings. The molecular weight excluding hydrogens is 442 g/mol. The first-order chi connectivity index (χ1) is 16.1. The van der Waals surface area contributed by atoms with E-state index in [9.17, 15) is 9.59 Å². The molecule has 0 radical (unpaired) electrons. The zero-order valence-corrected chi connectivity index (χ0v) is 21.6. The van der Waals surface area contributed by atoms with E-state index in [4.69, 9.17) is 4.98 Å². The molecule has 1 aromatic heterocycles. The minimum atomic E-state index is -0.648. The van der Waals surface area contributed by atoms with Gasteiger partial charge in [0.05, 0.1) is 5.69 Å². The van der Waals surface area contributed by atoms with Crippen LogP contribution in [0.1, 0.15) is 87.8 Å². The van der Waals surface area contributed by atoms with Crippen molar-refractivity contribution in [1.82, 2.24) is 10.3 Å². The van der Waals surface area contributed by atoms with E-state index >= 15 is 0 Å². The van der Waals surface area contributed by atoms with Crippen molar-refractivity contribution in [2.75, 3.05) is 5.32 Å². The Hall–Kier alpha value is -2.21. The quantitative estimate of drug-likeness (QED) is 0.537. The summed E-state index contributed by atoms with van der Waals surface area (Å²) in [6.45, 7) is 8.13. The fourth-order valence-electron chi connectivity index (χ4n) is 7.02. The van der Waals surface area contributed by atoms with Crippen LogP contribution in [0.2, 0.25) is 0 Å². The SMILES string of the molecule is C[C@H](NC(=O)c1ccc(C(C)(C)C)cc1)C(=O)Nc1nc(CC23CC4CC(CC(C4)C2)C3)cs1. The van der Waals surface area contributed by atoms with Crippen molar-refractivity contribution in [2.24, 2.45) is 23.2 Å². The average molecular weight is 480 g/mol. The lowest BCUT2D eigenvalue weighted by Crippen LogP contribution is -2.47. The van der Waals surface area contributed by atoms with Gasteiger partial charge in [0.25, 0.3) is 5.91 Å². The lowest BCUT2D eigenvalue weighted by molar-refractivity contribution is -0.117. The lowest BCUT2D eigenvalue weighted by Gasteiger charge is -2.56. The van der Waals surface area contributed by atoms with Crippen molar-refractivity contribution in [1.29, 1.82) is 0 Å². The third-order valence-electron chi connectivity index (χ3n) is 8.26. The molecule has 0 spiro atoms. The van der Waals surface area contributed by atoms with Gasteiger partial charge in [0.1, 0.15) is 6.04 Å². The molecule has 5 nitrogen and oxygen atoms in total. The van der Waals surface area contributed by atoms with E-state index in [0.29, 0.717) is 16.1 Å². The zero-order valence-electron chi connectivity index (χ0n) is 20.8. The van der Waals surface area contributed by atoms with Gasteiger partial charge in [0.15, 0.2) is 5.13 Å². The van der Waals surface area contributed by atoms with E-state index in [2.05, 4.69) is 36.8 Å². The largest absolute Gasteiger partial charge is 0.341 e. The van der Waals surface area contributed by atoms with Gasteiger partial charge in [-0.15, -0.1) is 11.3 Å². The number of amides is 2. The highest BCUT2D eigenvalue weighted by Gasteiger charge is 2.50. The summed E-state index contributed by atoms with van der Waals surface area (Å²) in [5.41, 5.74) is 3.30. The van der Waals surface area contributed by atoms with Gasteiger partial charge in [-0.05, 0) is 98.1 Å². The number of carbonyl (C=O) groups is 2. The maximum absolute atomic E-state index is 12.7. The Morgan fingerprint density at radius 2 is 1.65 bits per heavy atom. The van der Waals surface area contributed by atoms with Gasteiger partial charge in [-0.3, -0.25) is 9.59 Å². The third-order valence-corrected chi connectivity index (χ3v) is 9.06. The molecule has 4 saturated carbocycles. The number of rotatable bonds is 6. The number of hydrogen-bond donors (Lipinski definition) is 2. The molecule has 0 unspecified atom stereocenters. The molecule has 2 N–H and O–H groups in total. The average Bonchev–Trinajstić information content (AvgIpc) is 3.18. The van der Waals surface area contributed by atoms with Gasteiger partial charge in [0, 0.05) is 10.9 Å². The van der Waals surface area contributed by atoms with Gasteiger partial charge in [-0.1, -0.05) is 32.9 Å². The highest BCUT2D eigenvalue weighted by atomic mass is 32.1. The van der Waals surface area contributed by atoms with Crippen LogP contribution >= 0.6 is 11.3 Å². The highest BCUT2D eigenvalue weighted by Crippen LogP contribution is 2.61. The molecule has 6 rings (SSSR count). The van der Waals surface area contributed by atoms with Crippen molar-refractivity contribution in [3.05, 3.63) is 46.5 Å². The molecule has 182 valence electrons. The summed E-state index contributed by atoms with van der Waals surface area (Å²) in [5, 5.41) is 8.45. The Morgan fingerprint density at radius 1 is 1.06 bits per heavy atom. The van der Waals surface area contributed by atoms with Crippen LogP contribution in [0.25, 0.3) is 0 Å². The van der Waals surface area contributed by atoms with Gasteiger partial charge in [0.2, 0.25) is 5.91 Å². The summed E-state index contributed by atoms with van der Waals surface area (Å²) >= 11 is 1.49. The molecule has 1 aromatic carbocycles. The van der Waals surface area contributed by atoms with E-state index in [1.54, 1.807) is 6.92 Å². The van der Waals surface area contributed by atoms with E-state index in [1.807, 2.05) is 24.3 Å². The molecule has 1 heterocycles. The van der Waals surface area contributed by atoms with Crippen LogP contribution in [0, 0.1) is 23.2 Å². The van der Waals surface area contributed by atoms with Gasteiger partial charge < -0.3 is 10.6 Å². The summed E-state index contributed by atoms with van der Waals surface area (Å²) in [4.78, 5) is 30.1. The molecular formula is C28H37N3O2S. The number of aromatic nitrogens is 1. The summed E-state index contributed by atoms with van der Waals surface area (Å²) < 4.78 is 0. The summed E-state index contributed by atoms with van der Waals surface area (Å²) in [6, 6.07) is 6.93. The van der Waals surface area contributed by atoms with Crippen LogP contribution in [0.4, 0.5) is 5.13 Å². The Morgan fingerprint density at radius 3 is 2.21 bits per heavy atom. The Bertz CT molecular complexity index is 1030. The summed E-state index contributed by atoms with van der Waals surface area (Å²) in [5.74, 6) is 2.30. The van der Waals surface area contributed by atoms with E-state index in [0.717, 1.165) is 29.9 Å². The first-order valence-electron chi connectivity index (χ1n) is 12.8. The third kappa shape index (κ3) is 4.93. The minimum absolute atomic E-state index is 0.0322. The maximum atomic E-state index is 12.7.